The summed E-state index contributed by atoms with van der Waals surface area (Å²) in [5.74, 6) is 2.02. The summed E-state index contributed by atoms with van der Waals surface area (Å²) in [6, 6.07) is 15.7. The highest BCUT2D eigenvalue weighted by Gasteiger charge is 2.31. The maximum atomic E-state index is 12.9. The van der Waals surface area contributed by atoms with E-state index in [2.05, 4.69) is 15.1 Å². The Hall–Kier alpha value is -3.19. The maximum absolute atomic E-state index is 12.9. The number of para-hydroxylation sites is 1. The minimum Gasteiger partial charge on any atom is -0.341 e. The van der Waals surface area contributed by atoms with Crippen LogP contribution in [0.5, 0.6) is 0 Å². The highest BCUT2D eigenvalue weighted by Crippen LogP contribution is 2.32. The quantitative estimate of drug-likeness (QED) is 0.452. The van der Waals surface area contributed by atoms with Gasteiger partial charge in [-0.25, -0.2) is 9.38 Å². The Balaban J connectivity index is 1.45. The van der Waals surface area contributed by atoms with Crippen LogP contribution >= 0.6 is 11.6 Å². The number of carbonyl (C=O) groups excluding carboxylic acids is 1. The smallest absolute Gasteiger partial charge is 0.225 e. The number of hydrogen-bond acceptors (Lipinski definition) is 5. The number of carbonyl (C=O) groups is 1. The Bertz CT molecular complexity index is 1350. The van der Waals surface area contributed by atoms with Crippen LogP contribution in [0.25, 0.3) is 27.9 Å². The van der Waals surface area contributed by atoms with Crippen molar-refractivity contribution in [3.05, 3.63) is 53.6 Å². The molecule has 3 heterocycles. The molecule has 0 radical (unpaired) electrons. The molecule has 1 saturated heterocycles. The second-order valence-corrected chi connectivity index (χ2v) is 9.29. The van der Waals surface area contributed by atoms with Crippen molar-refractivity contribution in [2.75, 3.05) is 31.1 Å². The SMILES string of the molecule is O=C(C1CCC1)N1CCCN(c2nc3ccccc3c3nnc(-c4ccccc4Cl)n23)CC1. The first kappa shape index (κ1) is 20.4. The molecule has 1 aliphatic heterocycles. The van der Waals surface area contributed by atoms with Gasteiger partial charge >= 0.3 is 0 Å². The number of halogens is 1. The van der Waals surface area contributed by atoms with Crippen molar-refractivity contribution in [3.63, 3.8) is 0 Å². The Morgan fingerprint density at radius 3 is 2.55 bits per heavy atom. The normalized spacial score (nSPS) is 17.4. The van der Waals surface area contributed by atoms with Gasteiger partial charge in [0.1, 0.15) is 0 Å². The number of anilines is 1. The summed E-state index contributed by atoms with van der Waals surface area (Å²) >= 11 is 6.54. The zero-order chi connectivity index (χ0) is 22.4. The highest BCUT2D eigenvalue weighted by atomic mass is 35.5. The van der Waals surface area contributed by atoms with E-state index in [-0.39, 0.29) is 5.92 Å². The molecule has 0 N–H and O–H groups in total. The molecule has 2 aliphatic rings. The van der Waals surface area contributed by atoms with Gasteiger partial charge in [-0.05, 0) is 43.5 Å². The molecular weight excluding hydrogens is 436 g/mol. The fourth-order valence-corrected chi connectivity index (χ4v) is 5.07. The van der Waals surface area contributed by atoms with E-state index in [0.717, 1.165) is 67.0 Å². The van der Waals surface area contributed by atoms with Crippen LogP contribution in [0.4, 0.5) is 5.95 Å². The van der Waals surface area contributed by atoms with E-state index in [1.165, 1.54) is 6.42 Å². The average molecular weight is 461 g/mol. The van der Waals surface area contributed by atoms with Crippen molar-refractivity contribution >= 4 is 40.0 Å². The summed E-state index contributed by atoms with van der Waals surface area (Å²) in [4.78, 5) is 22.2. The van der Waals surface area contributed by atoms with Crippen LogP contribution in [0.1, 0.15) is 25.7 Å². The summed E-state index contributed by atoms with van der Waals surface area (Å²) in [5.41, 5.74) is 2.46. The van der Waals surface area contributed by atoms with E-state index in [1.54, 1.807) is 0 Å². The van der Waals surface area contributed by atoms with Gasteiger partial charge in [-0.1, -0.05) is 42.3 Å². The molecule has 168 valence electrons. The largest absolute Gasteiger partial charge is 0.341 e. The number of amides is 1. The first-order valence-corrected chi connectivity index (χ1v) is 12.0. The van der Waals surface area contributed by atoms with Gasteiger partial charge in [0.2, 0.25) is 11.9 Å². The van der Waals surface area contributed by atoms with E-state index in [4.69, 9.17) is 16.6 Å². The molecule has 0 spiro atoms. The van der Waals surface area contributed by atoms with E-state index >= 15 is 0 Å². The molecule has 4 aromatic rings. The Kier molecular flexibility index (Phi) is 5.14. The lowest BCUT2D eigenvalue weighted by atomic mass is 9.84. The van der Waals surface area contributed by atoms with E-state index in [1.807, 2.05) is 57.8 Å². The first-order chi connectivity index (χ1) is 16.2. The van der Waals surface area contributed by atoms with Crippen molar-refractivity contribution in [1.29, 1.82) is 0 Å². The molecule has 2 aromatic carbocycles. The fourth-order valence-electron chi connectivity index (χ4n) is 4.85. The van der Waals surface area contributed by atoms with Gasteiger partial charge in [-0.3, -0.25) is 4.79 Å². The molecule has 6 rings (SSSR count). The van der Waals surface area contributed by atoms with Crippen LogP contribution in [0.3, 0.4) is 0 Å². The predicted molar refractivity (Wildman–Crippen MR) is 129 cm³/mol. The van der Waals surface area contributed by atoms with Crippen LogP contribution < -0.4 is 4.90 Å². The van der Waals surface area contributed by atoms with Gasteiger partial charge in [-0.15, -0.1) is 10.2 Å². The standard InChI is InChI=1S/C25H25ClN6O/c26-20-11-3-1-9-18(20)22-28-29-23-19-10-2-4-12-21(19)27-25(32(22)23)31-14-6-13-30(15-16-31)24(33)17-7-5-8-17/h1-4,9-12,17H,5-8,13-16H2. The highest BCUT2D eigenvalue weighted by molar-refractivity contribution is 6.33. The molecule has 0 unspecified atom stereocenters. The van der Waals surface area contributed by atoms with Crippen molar-refractivity contribution in [2.24, 2.45) is 5.92 Å². The van der Waals surface area contributed by atoms with Crippen LogP contribution in [0.2, 0.25) is 5.02 Å². The zero-order valence-electron chi connectivity index (χ0n) is 18.3. The van der Waals surface area contributed by atoms with Crippen molar-refractivity contribution in [3.8, 4) is 11.4 Å². The Morgan fingerprint density at radius 2 is 1.73 bits per heavy atom. The Morgan fingerprint density at radius 1 is 0.909 bits per heavy atom. The number of nitrogens with zero attached hydrogens (tertiary/aromatic N) is 6. The third-order valence-electron chi connectivity index (χ3n) is 6.89. The summed E-state index contributed by atoms with van der Waals surface area (Å²) in [6.45, 7) is 3.03. The van der Waals surface area contributed by atoms with Gasteiger partial charge in [0.05, 0.1) is 10.5 Å². The van der Waals surface area contributed by atoms with Crippen LogP contribution in [0.15, 0.2) is 48.5 Å². The van der Waals surface area contributed by atoms with Crippen LogP contribution in [0, 0.1) is 5.92 Å². The number of benzene rings is 2. The van der Waals surface area contributed by atoms with Gasteiger partial charge in [0, 0.05) is 43.0 Å². The summed E-state index contributed by atoms with van der Waals surface area (Å²) in [6.07, 6.45) is 4.15. The monoisotopic (exact) mass is 460 g/mol. The molecule has 2 aromatic heterocycles. The molecule has 0 bridgehead atoms. The van der Waals surface area contributed by atoms with Gasteiger partial charge in [0.15, 0.2) is 11.5 Å². The van der Waals surface area contributed by atoms with Crippen molar-refractivity contribution in [2.45, 2.75) is 25.7 Å². The van der Waals surface area contributed by atoms with E-state index < -0.39 is 0 Å². The fraction of sp³-hybridized carbons (Fsp3) is 0.360. The first-order valence-electron chi connectivity index (χ1n) is 11.6. The lowest BCUT2D eigenvalue weighted by Gasteiger charge is -2.31. The van der Waals surface area contributed by atoms with E-state index in [0.29, 0.717) is 23.3 Å². The predicted octanol–water partition coefficient (Wildman–Crippen LogP) is 4.44. The molecule has 1 saturated carbocycles. The Labute approximate surface area is 197 Å². The van der Waals surface area contributed by atoms with Gasteiger partial charge in [-0.2, -0.15) is 0 Å². The van der Waals surface area contributed by atoms with Crippen LogP contribution in [-0.4, -0.2) is 56.6 Å². The average Bonchev–Trinajstić information content (AvgIpc) is 3.08. The maximum Gasteiger partial charge on any atom is 0.225 e. The second kappa shape index (κ2) is 8.30. The summed E-state index contributed by atoms with van der Waals surface area (Å²) in [5, 5.41) is 10.7. The third-order valence-corrected chi connectivity index (χ3v) is 7.22. The molecule has 7 nitrogen and oxygen atoms in total. The number of fused-ring (bicyclic) bond motifs is 3. The third kappa shape index (κ3) is 3.51. The van der Waals surface area contributed by atoms with Crippen molar-refractivity contribution in [1.82, 2.24) is 24.5 Å². The van der Waals surface area contributed by atoms with Gasteiger partial charge < -0.3 is 9.80 Å². The topological polar surface area (TPSA) is 66.6 Å². The second-order valence-electron chi connectivity index (χ2n) is 8.89. The summed E-state index contributed by atoms with van der Waals surface area (Å²) in [7, 11) is 0. The van der Waals surface area contributed by atoms with Gasteiger partial charge in [0.25, 0.3) is 0 Å². The minimum atomic E-state index is 0.228. The molecule has 33 heavy (non-hydrogen) atoms. The van der Waals surface area contributed by atoms with E-state index in [9.17, 15) is 4.79 Å². The van der Waals surface area contributed by atoms with Crippen molar-refractivity contribution < 1.29 is 4.79 Å². The molecular formula is C25H25ClN6O. The number of aromatic nitrogens is 4. The number of hydrogen-bond donors (Lipinski definition) is 0. The zero-order valence-corrected chi connectivity index (χ0v) is 19.1. The molecule has 2 fully saturated rings. The summed E-state index contributed by atoms with van der Waals surface area (Å²) < 4.78 is 2.02. The molecule has 0 atom stereocenters. The lowest BCUT2D eigenvalue weighted by Crippen LogP contribution is -2.41. The number of rotatable bonds is 3. The molecule has 8 heteroatoms. The lowest BCUT2D eigenvalue weighted by molar-refractivity contribution is -0.137. The molecule has 1 aliphatic carbocycles. The molecule has 1 amide bonds. The minimum absolute atomic E-state index is 0.228. The van der Waals surface area contributed by atoms with Crippen LogP contribution in [-0.2, 0) is 4.79 Å².